The molecular weight excluding hydrogens is 174 g/mol. The first-order valence-electron chi connectivity index (χ1n) is 4.75. The van der Waals surface area contributed by atoms with Gasteiger partial charge in [-0.15, -0.1) is 0 Å². The van der Waals surface area contributed by atoms with E-state index in [1.807, 2.05) is 0 Å². The Labute approximate surface area is 83.2 Å². The molecule has 3 nitrogen and oxygen atoms in total. The highest BCUT2D eigenvalue weighted by atomic mass is 15.2. The van der Waals surface area contributed by atoms with E-state index in [1.54, 1.807) is 6.33 Å². The highest BCUT2D eigenvalue weighted by molar-refractivity contribution is 5.25. The summed E-state index contributed by atoms with van der Waals surface area (Å²) in [5.41, 5.74) is 2.72. The van der Waals surface area contributed by atoms with Gasteiger partial charge < -0.3 is 0 Å². The normalized spacial score (nSPS) is 10.4. The molecule has 0 saturated heterocycles. The Morgan fingerprint density at radius 3 is 2.79 bits per heavy atom. The second-order valence-electron chi connectivity index (χ2n) is 3.36. The summed E-state index contributed by atoms with van der Waals surface area (Å²) < 4.78 is 0. The van der Waals surface area contributed by atoms with Crippen LogP contribution in [0.4, 0.5) is 0 Å². The van der Waals surface area contributed by atoms with Crippen molar-refractivity contribution >= 4 is 0 Å². The third-order valence-corrected chi connectivity index (χ3v) is 2.36. The summed E-state index contributed by atoms with van der Waals surface area (Å²) >= 11 is 0. The zero-order valence-electron chi connectivity index (χ0n) is 8.20. The van der Waals surface area contributed by atoms with Crippen molar-refractivity contribution in [3.05, 3.63) is 47.5 Å². The highest BCUT2D eigenvalue weighted by Crippen LogP contribution is 2.09. The van der Waals surface area contributed by atoms with Gasteiger partial charge in [0.1, 0.15) is 12.2 Å². The monoisotopic (exact) mass is 187 g/mol. The molecular formula is C11H13N3. The van der Waals surface area contributed by atoms with Gasteiger partial charge in [-0.25, -0.2) is 4.98 Å². The summed E-state index contributed by atoms with van der Waals surface area (Å²) in [7, 11) is 0. The molecule has 0 fully saturated rings. The molecule has 1 heterocycles. The van der Waals surface area contributed by atoms with Gasteiger partial charge in [0.15, 0.2) is 0 Å². The van der Waals surface area contributed by atoms with E-state index in [0.717, 1.165) is 18.7 Å². The van der Waals surface area contributed by atoms with Crippen LogP contribution in [0, 0.1) is 6.92 Å². The number of benzene rings is 1. The maximum Gasteiger partial charge on any atom is 0.137 e. The SMILES string of the molecule is Cc1ccccc1CCc1ncn[nH]1. The van der Waals surface area contributed by atoms with Gasteiger partial charge in [0.2, 0.25) is 0 Å². The average Bonchev–Trinajstić information content (AvgIpc) is 2.69. The third-order valence-electron chi connectivity index (χ3n) is 2.36. The number of aromatic nitrogens is 3. The lowest BCUT2D eigenvalue weighted by Gasteiger charge is -2.02. The van der Waals surface area contributed by atoms with Gasteiger partial charge in [-0.05, 0) is 24.5 Å². The number of H-pyrrole nitrogens is 1. The van der Waals surface area contributed by atoms with Crippen LogP contribution in [0.15, 0.2) is 30.6 Å². The molecule has 0 atom stereocenters. The number of nitrogens with one attached hydrogen (secondary N) is 1. The molecule has 2 aromatic rings. The molecule has 1 N–H and O–H groups in total. The molecule has 0 aliphatic heterocycles. The van der Waals surface area contributed by atoms with E-state index in [1.165, 1.54) is 11.1 Å². The van der Waals surface area contributed by atoms with Gasteiger partial charge in [-0.2, -0.15) is 5.10 Å². The zero-order chi connectivity index (χ0) is 9.80. The fraction of sp³-hybridized carbons (Fsp3) is 0.273. The molecule has 0 unspecified atom stereocenters. The lowest BCUT2D eigenvalue weighted by atomic mass is 10.0. The van der Waals surface area contributed by atoms with E-state index in [9.17, 15) is 0 Å². The molecule has 1 aromatic heterocycles. The van der Waals surface area contributed by atoms with Crippen molar-refractivity contribution in [2.75, 3.05) is 0 Å². The number of aromatic amines is 1. The summed E-state index contributed by atoms with van der Waals surface area (Å²) in [6.07, 6.45) is 3.49. The van der Waals surface area contributed by atoms with Crippen molar-refractivity contribution in [2.45, 2.75) is 19.8 Å². The standard InChI is InChI=1S/C11H13N3/c1-9-4-2-3-5-10(9)6-7-11-12-8-13-14-11/h2-5,8H,6-7H2,1H3,(H,12,13,14). The van der Waals surface area contributed by atoms with E-state index in [4.69, 9.17) is 0 Å². The Kier molecular flexibility index (Phi) is 2.58. The fourth-order valence-corrected chi connectivity index (χ4v) is 1.49. The van der Waals surface area contributed by atoms with Gasteiger partial charge in [0.25, 0.3) is 0 Å². The molecule has 1 aromatic carbocycles. The van der Waals surface area contributed by atoms with Gasteiger partial charge in [0.05, 0.1) is 0 Å². The van der Waals surface area contributed by atoms with Crippen molar-refractivity contribution in [1.82, 2.24) is 15.2 Å². The van der Waals surface area contributed by atoms with Gasteiger partial charge in [0, 0.05) is 6.42 Å². The van der Waals surface area contributed by atoms with E-state index in [0.29, 0.717) is 0 Å². The minimum atomic E-state index is 0.921. The lowest BCUT2D eigenvalue weighted by Crippen LogP contribution is -1.95. The van der Waals surface area contributed by atoms with E-state index in [-0.39, 0.29) is 0 Å². The maximum absolute atomic E-state index is 4.09. The zero-order valence-corrected chi connectivity index (χ0v) is 8.20. The van der Waals surface area contributed by atoms with Gasteiger partial charge in [-0.3, -0.25) is 5.10 Å². The van der Waals surface area contributed by atoms with Crippen LogP contribution in [0.1, 0.15) is 17.0 Å². The number of rotatable bonds is 3. The Bertz CT molecular complexity index is 393. The van der Waals surface area contributed by atoms with Crippen molar-refractivity contribution in [3.63, 3.8) is 0 Å². The number of hydrogen-bond acceptors (Lipinski definition) is 2. The van der Waals surface area contributed by atoms with E-state index >= 15 is 0 Å². The van der Waals surface area contributed by atoms with E-state index < -0.39 is 0 Å². The number of nitrogens with zero attached hydrogens (tertiary/aromatic N) is 2. The van der Waals surface area contributed by atoms with Crippen LogP contribution in [-0.4, -0.2) is 15.2 Å². The van der Waals surface area contributed by atoms with Crippen LogP contribution in [0.2, 0.25) is 0 Å². The molecule has 0 aliphatic carbocycles. The predicted molar refractivity (Wildman–Crippen MR) is 55.0 cm³/mol. The largest absolute Gasteiger partial charge is 0.263 e. The van der Waals surface area contributed by atoms with Crippen molar-refractivity contribution in [3.8, 4) is 0 Å². The molecule has 0 saturated carbocycles. The summed E-state index contributed by atoms with van der Waals surface area (Å²) in [6.45, 7) is 2.13. The first-order chi connectivity index (χ1) is 6.86. The molecule has 0 amide bonds. The van der Waals surface area contributed by atoms with Crippen LogP contribution in [0.5, 0.6) is 0 Å². The number of hydrogen-bond donors (Lipinski definition) is 1. The number of aryl methyl sites for hydroxylation is 3. The van der Waals surface area contributed by atoms with Crippen LogP contribution in [-0.2, 0) is 12.8 Å². The first-order valence-corrected chi connectivity index (χ1v) is 4.75. The van der Waals surface area contributed by atoms with Crippen LogP contribution >= 0.6 is 0 Å². The van der Waals surface area contributed by atoms with Crippen LogP contribution in [0.25, 0.3) is 0 Å². The van der Waals surface area contributed by atoms with Crippen molar-refractivity contribution < 1.29 is 0 Å². The highest BCUT2D eigenvalue weighted by Gasteiger charge is 1.99. The second-order valence-corrected chi connectivity index (χ2v) is 3.36. The van der Waals surface area contributed by atoms with Crippen LogP contribution < -0.4 is 0 Å². The lowest BCUT2D eigenvalue weighted by molar-refractivity contribution is 0.860. The average molecular weight is 187 g/mol. The Balaban J connectivity index is 2.02. The molecule has 72 valence electrons. The van der Waals surface area contributed by atoms with Crippen molar-refractivity contribution in [1.29, 1.82) is 0 Å². The molecule has 0 aliphatic rings. The third kappa shape index (κ3) is 1.99. The molecule has 0 spiro atoms. The summed E-state index contributed by atoms with van der Waals surface area (Å²) in [5, 5.41) is 6.69. The Morgan fingerprint density at radius 2 is 2.07 bits per heavy atom. The smallest absolute Gasteiger partial charge is 0.137 e. The van der Waals surface area contributed by atoms with Gasteiger partial charge in [-0.1, -0.05) is 24.3 Å². The van der Waals surface area contributed by atoms with Crippen molar-refractivity contribution in [2.24, 2.45) is 0 Å². The van der Waals surface area contributed by atoms with Crippen LogP contribution in [0.3, 0.4) is 0 Å². The first kappa shape index (κ1) is 8.94. The summed E-state index contributed by atoms with van der Waals surface area (Å²) in [5.74, 6) is 0.952. The molecule has 0 bridgehead atoms. The summed E-state index contributed by atoms with van der Waals surface area (Å²) in [4.78, 5) is 4.09. The minimum Gasteiger partial charge on any atom is -0.263 e. The predicted octanol–water partition coefficient (Wildman–Crippen LogP) is 1.90. The van der Waals surface area contributed by atoms with E-state index in [2.05, 4.69) is 46.4 Å². The molecule has 3 heteroatoms. The molecule has 0 radical (unpaired) electrons. The minimum absolute atomic E-state index is 0.921. The topological polar surface area (TPSA) is 41.6 Å². The molecule has 14 heavy (non-hydrogen) atoms. The maximum atomic E-state index is 4.09. The quantitative estimate of drug-likeness (QED) is 0.797. The fourth-order valence-electron chi connectivity index (χ4n) is 1.49. The second kappa shape index (κ2) is 4.05. The Hall–Kier alpha value is -1.64. The van der Waals surface area contributed by atoms with Gasteiger partial charge >= 0.3 is 0 Å². The summed E-state index contributed by atoms with van der Waals surface area (Å²) in [6, 6.07) is 8.43. The molecule has 2 rings (SSSR count). The Morgan fingerprint density at radius 1 is 1.21 bits per heavy atom.